The minimum atomic E-state index is -0.349. The van der Waals surface area contributed by atoms with Gasteiger partial charge in [0.25, 0.3) is 5.91 Å². The van der Waals surface area contributed by atoms with Gasteiger partial charge in [-0.3, -0.25) is 20.4 Å². The van der Waals surface area contributed by atoms with Gasteiger partial charge in [0.15, 0.2) is 0 Å². The first-order chi connectivity index (χ1) is 10.1. The Hall–Kier alpha value is -2.47. The van der Waals surface area contributed by atoms with Crippen molar-refractivity contribution < 1.29 is 9.59 Å². The molecule has 0 aliphatic rings. The second kappa shape index (κ2) is 7.35. The molecule has 5 nitrogen and oxygen atoms in total. The Kier molecular flexibility index (Phi) is 5.22. The summed E-state index contributed by atoms with van der Waals surface area (Å²) in [6.45, 7) is 0. The molecule has 0 atom stereocenters. The normalized spacial score (nSPS) is 9.90. The molecule has 2 aromatic carbocycles. The quantitative estimate of drug-likeness (QED) is 0.457. The van der Waals surface area contributed by atoms with Gasteiger partial charge in [0.05, 0.1) is 5.75 Å². The van der Waals surface area contributed by atoms with Crippen LogP contribution in [-0.4, -0.2) is 17.6 Å². The third-order valence-electron chi connectivity index (χ3n) is 2.58. The maximum Gasteiger partial charge on any atom is 0.269 e. The zero-order valence-electron chi connectivity index (χ0n) is 11.2. The van der Waals surface area contributed by atoms with Crippen LogP contribution >= 0.6 is 11.8 Å². The van der Waals surface area contributed by atoms with Crippen molar-refractivity contribution in [2.75, 3.05) is 11.5 Å². The second-order valence-corrected chi connectivity index (χ2v) is 5.28. The number of rotatable bonds is 4. The molecule has 2 amide bonds. The minimum absolute atomic E-state index is 0.193. The maximum absolute atomic E-state index is 11.7. The number of anilines is 1. The fourth-order valence-electron chi connectivity index (χ4n) is 1.58. The molecular formula is C15H15N3O2S. The van der Waals surface area contributed by atoms with Gasteiger partial charge in [0.1, 0.15) is 0 Å². The topological polar surface area (TPSA) is 84.2 Å². The molecule has 0 heterocycles. The number of hydrogen-bond donors (Lipinski definition) is 3. The summed E-state index contributed by atoms with van der Waals surface area (Å²) in [6, 6.07) is 15.9. The van der Waals surface area contributed by atoms with E-state index in [0.29, 0.717) is 11.3 Å². The van der Waals surface area contributed by atoms with E-state index in [9.17, 15) is 9.59 Å². The number of carbonyl (C=O) groups is 2. The zero-order chi connectivity index (χ0) is 15.1. The maximum atomic E-state index is 11.7. The fraction of sp³-hybridized carbons (Fsp3) is 0.0667. The summed E-state index contributed by atoms with van der Waals surface area (Å²) in [5.74, 6) is -0.442. The highest BCUT2D eigenvalue weighted by Gasteiger charge is 2.07. The van der Waals surface area contributed by atoms with Crippen LogP contribution in [0.25, 0.3) is 0 Å². The van der Waals surface area contributed by atoms with Gasteiger partial charge in [-0.2, -0.15) is 0 Å². The second-order valence-electron chi connectivity index (χ2n) is 4.23. The molecule has 2 aromatic rings. The molecule has 4 N–H and O–H groups in total. The van der Waals surface area contributed by atoms with Crippen LogP contribution in [-0.2, 0) is 4.79 Å². The van der Waals surface area contributed by atoms with Crippen molar-refractivity contribution in [3.8, 4) is 0 Å². The lowest BCUT2D eigenvalue weighted by Gasteiger charge is -2.07. The molecule has 21 heavy (non-hydrogen) atoms. The average molecular weight is 301 g/mol. The van der Waals surface area contributed by atoms with Crippen LogP contribution in [0.1, 0.15) is 10.4 Å². The number of hydrogen-bond acceptors (Lipinski definition) is 4. The Morgan fingerprint density at radius 2 is 1.76 bits per heavy atom. The van der Waals surface area contributed by atoms with Crippen LogP contribution in [0.5, 0.6) is 0 Å². The van der Waals surface area contributed by atoms with Gasteiger partial charge in [-0.25, -0.2) is 0 Å². The van der Waals surface area contributed by atoms with Crippen LogP contribution in [0.2, 0.25) is 0 Å². The van der Waals surface area contributed by atoms with Crippen molar-refractivity contribution in [1.82, 2.24) is 10.9 Å². The number of nitrogen functional groups attached to an aromatic ring is 1. The summed E-state index contributed by atoms with van der Waals surface area (Å²) in [5.41, 5.74) is 11.5. The Labute approximate surface area is 126 Å². The number of nitrogens with two attached hydrogens (primary N) is 1. The predicted molar refractivity (Wildman–Crippen MR) is 83.6 cm³/mol. The lowest BCUT2D eigenvalue weighted by molar-refractivity contribution is -0.119. The van der Waals surface area contributed by atoms with Gasteiger partial charge >= 0.3 is 0 Å². The first-order valence-corrected chi connectivity index (χ1v) is 7.26. The molecule has 0 aromatic heterocycles. The van der Waals surface area contributed by atoms with Crippen LogP contribution in [0.4, 0.5) is 5.69 Å². The number of hydrazine groups is 1. The van der Waals surface area contributed by atoms with Gasteiger partial charge < -0.3 is 5.73 Å². The largest absolute Gasteiger partial charge is 0.399 e. The van der Waals surface area contributed by atoms with Crippen molar-refractivity contribution in [2.45, 2.75) is 4.90 Å². The Morgan fingerprint density at radius 1 is 1.00 bits per heavy atom. The minimum Gasteiger partial charge on any atom is -0.399 e. The van der Waals surface area contributed by atoms with E-state index in [1.165, 1.54) is 11.8 Å². The zero-order valence-corrected chi connectivity index (χ0v) is 12.0. The lowest BCUT2D eigenvalue weighted by atomic mass is 10.2. The Bertz CT molecular complexity index is 632. The van der Waals surface area contributed by atoms with Gasteiger partial charge in [-0.15, -0.1) is 11.8 Å². The molecule has 0 saturated carbocycles. The van der Waals surface area contributed by atoms with E-state index in [0.717, 1.165) is 4.90 Å². The first-order valence-electron chi connectivity index (χ1n) is 6.28. The summed E-state index contributed by atoms with van der Waals surface area (Å²) in [4.78, 5) is 24.3. The monoisotopic (exact) mass is 301 g/mol. The summed E-state index contributed by atoms with van der Waals surface area (Å²) >= 11 is 1.35. The fourth-order valence-corrected chi connectivity index (χ4v) is 2.34. The van der Waals surface area contributed by atoms with Crippen LogP contribution in [0, 0.1) is 0 Å². The number of amides is 2. The number of benzene rings is 2. The molecule has 0 fully saturated rings. The van der Waals surface area contributed by atoms with Crippen LogP contribution in [0.15, 0.2) is 59.5 Å². The molecule has 0 radical (unpaired) electrons. The average Bonchev–Trinajstić information content (AvgIpc) is 2.51. The molecule has 0 unspecified atom stereocenters. The molecule has 0 saturated heterocycles. The van der Waals surface area contributed by atoms with Gasteiger partial charge in [-0.05, 0) is 30.3 Å². The van der Waals surface area contributed by atoms with E-state index in [1.54, 1.807) is 36.4 Å². The van der Waals surface area contributed by atoms with Crippen LogP contribution < -0.4 is 16.6 Å². The van der Waals surface area contributed by atoms with E-state index >= 15 is 0 Å². The van der Waals surface area contributed by atoms with Crippen molar-refractivity contribution in [3.63, 3.8) is 0 Å². The SMILES string of the molecule is Nc1cccc(SCC(=O)NNC(=O)c2ccccc2)c1. The highest BCUT2D eigenvalue weighted by molar-refractivity contribution is 8.00. The van der Waals surface area contributed by atoms with Gasteiger partial charge in [0.2, 0.25) is 5.91 Å². The Balaban J connectivity index is 1.76. The number of nitrogens with one attached hydrogen (secondary N) is 2. The van der Waals surface area contributed by atoms with Gasteiger partial charge in [0, 0.05) is 16.1 Å². The Morgan fingerprint density at radius 3 is 2.48 bits per heavy atom. The molecule has 0 aliphatic heterocycles. The van der Waals surface area contributed by atoms with E-state index in [4.69, 9.17) is 5.73 Å². The summed E-state index contributed by atoms with van der Waals surface area (Å²) < 4.78 is 0. The molecule has 0 aliphatic carbocycles. The molecular weight excluding hydrogens is 286 g/mol. The van der Waals surface area contributed by atoms with E-state index < -0.39 is 0 Å². The van der Waals surface area contributed by atoms with E-state index in [2.05, 4.69) is 10.9 Å². The van der Waals surface area contributed by atoms with Crippen molar-refractivity contribution in [3.05, 3.63) is 60.2 Å². The smallest absolute Gasteiger partial charge is 0.269 e. The summed E-state index contributed by atoms with van der Waals surface area (Å²) in [6.07, 6.45) is 0. The van der Waals surface area contributed by atoms with E-state index in [1.807, 2.05) is 18.2 Å². The lowest BCUT2D eigenvalue weighted by Crippen LogP contribution is -2.42. The van der Waals surface area contributed by atoms with Crippen molar-refractivity contribution in [2.24, 2.45) is 0 Å². The highest BCUT2D eigenvalue weighted by Crippen LogP contribution is 2.19. The summed E-state index contributed by atoms with van der Waals surface area (Å²) in [5, 5.41) is 0. The molecule has 6 heteroatoms. The van der Waals surface area contributed by atoms with Crippen molar-refractivity contribution >= 4 is 29.3 Å². The number of carbonyl (C=O) groups excluding carboxylic acids is 2. The molecule has 0 spiro atoms. The number of thioether (sulfide) groups is 1. The van der Waals surface area contributed by atoms with Crippen LogP contribution in [0.3, 0.4) is 0 Å². The predicted octanol–water partition coefficient (Wildman–Crippen LogP) is 1.82. The van der Waals surface area contributed by atoms with Crippen molar-refractivity contribution in [1.29, 1.82) is 0 Å². The molecule has 2 rings (SSSR count). The summed E-state index contributed by atoms with van der Waals surface area (Å²) in [7, 11) is 0. The van der Waals surface area contributed by atoms with E-state index in [-0.39, 0.29) is 17.6 Å². The third-order valence-corrected chi connectivity index (χ3v) is 3.57. The first kappa shape index (κ1) is 14.9. The standard InChI is InChI=1S/C15H15N3O2S/c16-12-7-4-8-13(9-12)21-10-14(19)17-18-15(20)11-5-2-1-3-6-11/h1-9H,10,16H2,(H,17,19)(H,18,20). The molecule has 108 valence electrons. The third kappa shape index (κ3) is 4.85. The highest BCUT2D eigenvalue weighted by atomic mass is 32.2. The molecule has 0 bridgehead atoms. The van der Waals surface area contributed by atoms with Gasteiger partial charge in [-0.1, -0.05) is 24.3 Å².